The fourth-order valence-corrected chi connectivity index (χ4v) is 1.50. The Hall–Kier alpha value is -2.31. The number of alkyl halides is 3. The van der Waals surface area contributed by atoms with Crippen LogP contribution in [0.15, 0.2) is 36.7 Å². The van der Waals surface area contributed by atoms with E-state index in [1.165, 1.54) is 12.1 Å². The van der Waals surface area contributed by atoms with Crippen molar-refractivity contribution in [3.63, 3.8) is 0 Å². The summed E-state index contributed by atoms with van der Waals surface area (Å²) < 4.78 is 39.7. The molecule has 0 aliphatic heterocycles. The molecule has 4 nitrogen and oxygen atoms in total. The maximum atomic E-state index is 12.0. The highest BCUT2D eigenvalue weighted by molar-refractivity contribution is 5.31. The van der Waals surface area contributed by atoms with Crippen molar-refractivity contribution in [2.75, 3.05) is 5.73 Å². The molecule has 2 aromatic rings. The SMILES string of the molecule is Nc1ncc(Cc2ccc(OC(F)(F)F)cc2)cn1. The minimum absolute atomic E-state index is 0.178. The Morgan fingerprint density at radius 1 is 1.00 bits per heavy atom. The molecule has 0 radical (unpaired) electrons. The number of nitrogens with two attached hydrogens (primary N) is 1. The van der Waals surface area contributed by atoms with Crippen LogP contribution in [0, 0.1) is 0 Å². The Labute approximate surface area is 107 Å². The number of nitrogen functional groups attached to an aromatic ring is 1. The van der Waals surface area contributed by atoms with Gasteiger partial charge in [0.25, 0.3) is 0 Å². The van der Waals surface area contributed by atoms with Gasteiger partial charge in [-0.1, -0.05) is 12.1 Å². The summed E-state index contributed by atoms with van der Waals surface area (Å²) in [5, 5.41) is 0. The summed E-state index contributed by atoms with van der Waals surface area (Å²) in [4.78, 5) is 7.67. The molecule has 0 saturated carbocycles. The van der Waals surface area contributed by atoms with Crippen LogP contribution in [0.25, 0.3) is 0 Å². The van der Waals surface area contributed by atoms with E-state index in [0.717, 1.165) is 11.1 Å². The van der Waals surface area contributed by atoms with Crippen molar-refractivity contribution in [3.05, 3.63) is 47.8 Å². The summed E-state index contributed by atoms with van der Waals surface area (Å²) in [5.74, 6) is -0.0671. The van der Waals surface area contributed by atoms with Crippen LogP contribution < -0.4 is 10.5 Å². The van der Waals surface area contributed by atoms with Crippen LogP contribution >= 0.6 is 0 Å². The van der Waals surface area contributed by atoms with Gasteiger partial charge in [-0.05, 0) is 23.3 Å². The van der Waals surface area contributed by atoms with Crippen molar-refractivity contribution < 1.29 is 17.9 Å². The third-order valence-electron chi connectivity index (χ3n) is 2.29. The Morgan fingerprint density at radius 2 is 1.58 bits per heavy atom. The third kappa shape index (κ3) is 4.13. The second-order valence-corrected chi connectivity index (χ2v) is 3.82. The normalized spacial score (nSPS) is 11.3. The first-order valence-corrected chi connectivity index (χ1v) is 5.33. The molecule has 7 heteroatoms. The van der Waals surface area contributed by atoms with Crippen LogP contribution in [0.2, 0.25) is 0 Å². The van der Waals surface area contributed by atoms with Crippen LogP contribution in [0.3, 0.4) is 0 Å². The highest BCUT2D eigenvalue weighted by Gasteiger charge is 2.30. The highest BCUT2D eigenvalue weighted by Crippen LogP contribution is 2.23. The average Bonchev–Trinajstić information content (AvgIpc) is 2.33. The lowest BCUT2D eigenvalue weighted by Gasteiger charge is -2.09. The second kappa shape index (κ2) is 5.13. The van der Waals surface area contributed by atoms with Crippen LogP contribution in [-0.2, 0) is 6.42 Å². The summed E-state index contributed by atoms with van der Waals surface area (Å²) in [6.45, 7) is 0. The zero-order valence-electron chi connectivity index (χ0n) is 9.69. The number of rotatable bonds is 3. The molecule has 0 spiro atoms. The minimum atomic E-state index is -4.67. The van der Waals surface area contributed by atoms with E-state index >= 15 is 0 Å². The summed E-state index contributed by atoms with van der Waals surface area (Å²) in [6, 6.07) is 5.64. The summed E-state index contributed by atoms with van der Waals surface area (Å²) >= 11 is 0. The van der Waals surface area contributed by atoms with Gasteiger partial charge >= 0.3 is 6.36 Å². The number of aromatic nitrogens is 2. The summed E-state index contributed by atoms with van der Waals surface area (Å²) in [5.41, 5.74) is 6.99. The smallest absolute Gasteiger partial charge is 0.406 e. The zero-order chi connectivity index (χ0) is 13.9. The first kappa shape index (κ1) is 13.1. The van der Waals surface area contributed by atoms with E-state index in [1.54, 1.807) is 24.5 Å². The molecule has 0 saturated heterocycles. The molecule has 1 aromatic heterocycles. The first-order valence-electron chi connectivity index (χ1n) is 5.33. The van der Waals surface area contributed by atoms with E-state index in [-0.39, 0.29) is 11.7 Å². The molecule has 2 N–H and O–H groups in total. The molecule has 0 unspecified atom stereocenters. The van der Waals surface area contributed by atoms with Crippen molar-refractivity contribution in [2.24, 2.45) is 0 Å². The molecular weight excluding hydrogens is 259 g/mol. The number of nitrogens with zero attached hydrogens (tertiary/aromatic N) is 2. The summed E-state index contributed by atoms with van der Waals surface area (Å²) in [7, 11) is 0. The molecule has 1 heterocycles. The molecule has 100 valence electrons. The van der Waals surface area contributed by atoms with E-state index in [1.807, 2.05) is 0 Å². The van der Waals surface area contributed by atoms with Crippen molar-refractivity contribution >= 4 is 5.95 Å². The number of ether oxygens (including phenoxy) is 1. The predicted octanol–water partition coefficient (Wildman–Crippen LogP) is 2.55. The lowest BCUT2D eigenvalue weighted by molar-refractivity contribution is -0.274. The van der Waals surface area contributed by atoms with E-state index in [9.17, 15) is 13.2 Å². The highest BCUT2D eigenvalue weighted by atomic mass is 19.4. The molecule has 2 rings (SSSR count). The number of benzene rings is 1. The quantitative estimate of drug-likeness (QED) is 0.930. The maximum absolute atomic E-state index is 12.0. The van der Waals surface area contributed by atoms with Gasteiger partial charge in [-0.25, -0.2) is 9.97 Å². The van der Waals surface area contributed by atoms with Crippen molar-refractivity contribution in [1.82, 2.24) is 9.97 Å². The average molecular weight is 269 g/mol. The predicted molar refractivity (Wildman–Crippen MR) is 62.4 cm³/mol. The molecule has 0 bridgehead atoms. The van der Waals surface area contributed by atoms with Crippen LogP contribution in [0.4, 0.5) is 19.1 Å². The summed E-state index contributed by atoms with van der Waals surface area (Å²) in [6.07, 6.45) is -1.02. The van der Waals surface area contributed by atoms with Gasteiger partial charge in [-0.2, -0.15) is 0 Å². The topological polar surface area (TPSA) is 61.0 Å². The van der Waals surface area contributed by atoms with E-state index in [4.69, 9.17) is 5.73 Å². The Balaban J connectivity index is 2.04. The number of hydrogen-bond donors (Lipinski definition) is 1. The molecule has 0 fully saturated rings. The van der Waals surface area contributed by atoms with Crippen LogP contribution in [0.5, 0.6) is 5.75 Å². The van der Waals surface area contributed by atoms with Gasteiger partial charge in [0.15, 0.2) is 0 Å². The Bertz CT molecular complexity index is 538. The standard InChI is InChI=1S/C12H10F3N3O/c13-12(14,15)19-10-3-1-8(2-4-10)5-9-6-17-11(16)18-7-9/h1-4,6-7H,5H2,(H2,16,17,18). The molecule has 0 amide bonds. The molecule has 0 aliphatic carbocycles. The van der Waals surface area contributed by atoms with Crippen LogP contribution in [0.1, 0.15) is 11.1 Å². The molecule has 19 heavy (non-hydrogen) atoms. The maximum Gasteiger partial charge on any atom is 0.573 e. The fraction of sp³-hybridized carbons (Fsp3) is 0.167. The lowest BCUT2D eigenvalue weighted by Crippen LogP contribution is -2.17. The molecule has 0 atom stereocenters. The number of anilines is 1. The Morgan fingerprint density at radius 3 is 2.11 bits per heavy atom. The van der Waals surface area contributed by atoms with Crippen molar-refractivity contribution in [3.8, 4) is 5.75 Å². The monoisotopic (exact) mass is 269 g/mol. The van der Waals surface area contributed by atoms with Gasteiger partial charge in [0.05, 0.1) is 0 Å². The van der Waals surface area contributed by atoms with Crippen LogP contribution in [-0.4, -0.2) is 16.3 Å². The van der Waals surface area contributed by atoms with Gasteiger partial charge in [0.2, 0.25) is 5.95 Å². The van der Waals surface area contributed by atoms with E-state index in [0.29, 0.717) is 6.42 Å². The van der Waals surface area contributed by atoms with Crippen molar-refractivity contribution in [1.29, 1.82) is 0 Å². The number of halogens is 3. The molecule has 0 aliphatic rings. The van der Waals surface area contributed by atoms with Crippen molar-refractivity contribution in [2.45, 2.75) is 12.8 Å². The van der Waals surface area contributed by atoms with Gasteiger partial charge in [0, 0.05) is 18.8 Å². The Kier molecular flexibility index (Phi) is 3.55. The minimum Gasteiger partial charge on any atom is -0.406 e. The first-order chi connectivity index (χ1) is 8.92. The van der Waals surface area contributed by atoms with E-state index < -0.39 is 6.36 Å². The van der Waals surface area contributed by atoms with Gasteiger partial charge in [-0.15, -0.1) is 13.2 Å². The molecular formula is C12H10F3N3O. The zero-order valence-corrected chi connectivity index (χ0v) is 9.69. The molecule has 1 aromatic carbocycles. The van der Waals surface area contributed by atoms with Gasteiger partial charge < -0.3 is 10.5 Å². The van der Waals surface area contributed by atoms with E-state index in [2.05, 4.69) is 14.7 Å². The number of hydrogen-bond acceptors (Lipinski definition) is 4. The lowest BCUT2D eigenvalue weighted by atomic mass is 10.1. The second-order valence-electron chi connectivity index (χ2n) is 3.82. The van der Waals surface area contributed by atoms with Gasteiger partial charge in [-0.3, -0.25) is 0 Å². The largest absolute Gasteiger partial charge is 0.573 e. The van der Waals surface area contributed by atoms with Gasteiger partial charge in [0.1, 0.15) is 5.75 Å². The third-order valence-corrected chi connectivity index (χ3v) is 2.29. The fourth-order valence-electron chi connectivity index (χ4n) is 1.50.